The molecular formula is C14H12N2O3. The lowest BCUT2D eigenvalue weighted by Gasteiger charge is -2.24. The third-order valence-electron chi connectivity index (χ3n) is 3.33. The van der Waals surface area contributed by atoms with E-state index in [1.807, 2.05) is 0 Å². The van der Waals surface area contributed by atoms with Gasteiger partial charge in [0.15, 0.2) is 0 Å². The molecule has 2 N–H and O–H groups in total. The van der Waals surface area contributed by atoms with Gasteiger partial charge in [-0.1, -0.05) is 12.1 Å². The van der Waals surface area contributed by atoms with Crippen LogP contribution in [-0.4, -0.2) is 23.8 Å². The number of aromatic nitrogens is 1. The van der Waals surface area contributed by atoms with Crippen LogP contribution >= 0.6 is 0 Å². The summed E-state index contributed by atoms with van der Waals surface area (Å²) in [4.78, 5) is 27.7. The van der Waals surface area contributed by atoms with Crippen molar-refractivity contribution < 1.29 is 14.3 Å². The van der Waals surface area contributed by atoms with Crippen molar-refractivity contribution in [1.29, 1.82) is 0 Å². The van der Waals surface area contributed by atoms with Gasteiger partial charge in [0.1, 0.15) is 0 Å². The second-order valence-corrected chi connectivity index (χ2v) is 4.33. The molecule has 0 saturated carbocycles. The molecule has 96 valence electrons. The Morgan fingerprint density at radius 1 is 1.21 bits per heavy atom. The number of nitrogens with one attached hydrogen (secondary N) is 2. The molecule has 1 aliphatic rings. The third-order valence-corrected chi connectivity index (χ3v) is 3.33. The van der Waals surface area contributed by atoms with Crippen LogP contribution in [0.1, 0.15) is 16.1 Å². The highest BCUT2D eigenvalue weighted by molar-refractivity contribution is 6.24. The van der Waals surface area contributed by atoms with Crippen LogP contribution in [0.2, 0.25) is 0 Å². The van der Waals surface area contributed by atoms with E-state index in [4.69, 9.17) is 4.74 Å². The number of rotatable bonds is 2. The molecule has 2 aromatic rings. The van der Waals surface area contributed by atoms with E-state index in [0.29, 0.717) is 16.9 Å². The van der Waals surface area contributed by atoms with E-state index < -0.39 is 11.5 Å². The Bertz CT molecular complexity index is 648. The summed E-state index contributed by atoms with van der Waals surface area (Å²) in [5, 5.41) is 3.00. The topological polar surface area (TPSA) is 71.2 Å². The van der Waals surface area contributed by atoms with E-state index in [2.05, 4.69) is 10.3 Å². The number of methoxy groups -OCH3 is 1. The summed E-state index contributed by atoms with van der Waals surface area (Å²) in [6.07, 6.45) is 1.66. The van der Waals surface area contributed by atoms with Crippen molar-refractivity contribution in [3.8, 4) is 0 Å². The highest BCUT2D eigenvalue weighted by atomic mass is 16.5. The second-order valence-electron chi connectivity index (χ2n) is 4.33. The van der Waals surface area contributed by atoms with Gasteiger partial charge >= 0.3 is 5.97 Å². The molecule has 1 unspecified atom stereocenters. The van der Waals surface area contributed by atoms with Crippen molar-refractivity contribution in [3.63, 3.8) is 0 Å². The monoisotopic (exact) mass is 256 g/mol. The van der Waals surface area contributed by atoms with Crippen molar-refractivity contribution in [3.05, 3.63) is 53.9 Å². The van der Waals surface area contributed by atoms with Gasteiger partial charge in [0.2, 0.25) is 11.3 Å². The molecule has 1 aliphatic heterocycles. The highest BCUT2D eigenvalue weighted by Gasteiger charge is 2.54. The summed E-state index contributed by atoms with van der Waals surface area (Å²) < 4.78 is 4.82. The van der Waals surface area contributed by atoms with Crippen molar-refractivity contribution in [1.82, 2.24) is 4.98 Å². The Morgan fingerprint density at radius 2 is 2.00 bits per heavy atom. The molecule has 0 fully saturated rings. The molecule has 0 bridgehead atoms. The molecule has 0 saturated heterocycles. The predicted molar refractivity (Wildman–Crippen MR) is 68.9 cm³/mol. The van der Waals surface area contributed by atoms with Crippen molar-refractivity contribution >= 4 is 17.4 Å². The minimum absolute atomic E-state index is 0.308. The summed E-state index contributed by atoms with van der Waals surface area (Å²) >= 11 is 0. The molecule has 1 atom stereocenters. The Balaban J connectivity index is 2.20. The molecule has 0 spiro atoms. The zero-order valence-corrected chi connectivity index (χ0v) is 10.3. The number of anilines is 1. The number of hydrogen-bond acceptors (Lipinski definition) is 4. The first kappa shape index (κ1) is 11.5. The average molecular weight is 256 g/mol. The largest absolute Gasteiger partial charge is 0.467 e. The fraction of sp³-hybridized carbons (Fsp3) is 0.143. The minimum Gasteiger partial charge on any atom is -0.467 e. The molecule has 1 aromatic heterocycles. The van der Waals surface area contributed by atoms with Crippen LogP contribution < -0.4 is 5.32 Å². The number of ketones is 1. The van der Waals surface area contributed by atoms with E-state index in [0.717, 1.165) is 0 Å². The number of carbonyl (C=O) groups is 2. The van der Waals surface area contributed by atoms with Crippen LogP contribution in [0.25, 0.3) is 0 Å². The first-order chi connectivity index (χ1) is 9.20. The summed E-state index contributed by atoms with van der Waals surface area (Å²) in [5.74, 6) is -0.937. The summed E-state index contributed by atoms with van der Waals surface area (Å²) in [6.45, 7) is 0. The number of Topliss-reactive ketones (excluding diaryl/α,β-unsaturated/α-hetero) is 1. The maximum atomic E-state index is 12.6. The molecule has 1 aromatic carbocycles. The number of esters is 1. The first-order valence-electron chi connectivity index (χ1n) is 5.84. The van der Waals surface area contributed by atoms with E-state index in [1.165, 1.54) is 7.11 Å². The number of ether oxygens (including phenoxy) is 1. The lowest BCUT2D eigenvalue weighted by molar-refractivity contribution is -0.144. The number of aromatic amines is 1. The molecule has 0 amide bonds. The van der Waals surface area contributed by atoms with Gasteiger partial charge in [-0.05, 0) is 24.3 Å². The van der Waals surface area contributed by atoms with Crippen molar-refractivity contribution in [2.75, 3.05) is 12.4 Å². The zero-order valence-electron chi connectivity index (χ0n) is 10.3. The molecule has 5 nitrogen and oxygen atoms in total. The number of fused-ring (bicyclic) bond motifs is 1. The Labute approximate surface area is 109 Å². The quantitative estimate of drug-likeness (QED) is 0.633. The average Bonchev–Trinajstić information content (AvgIpc) is 3.06. The molecule has 19 heavy (non-hydrogen) atoms. The first-order valence-corrected chi connectivity index (χ1v) is 5.84. The van der Waals surface area contributed by atoms with Gasteiger partial charge in [-0.2, -0.15) is 0 Å². The van der Waals surface area contributed by atoms with Gasteiger partial charge in [0.05, 0.1) is 12.8 Å². The number of hydrogen-bond donors (Lipinski definition) is 2. The molecule has 2 heterocycles. The molecule has 3 rings (SSSR count). The molecule has 0 aliphatic carbocycles. The molecular weight excluding hydrogens is 244 g/mol. The van der Waals surface area contributed by atoms with E-state index in [9.17, 15) is 9.59 Å². The van der Waals surface area contributed by atoms with E-state index in [1.54, 1.807) is 42.6 Å². The summed E-state index contributed by atoms with van der Waals surface area (Å²) in [5.41, 5.74) is 0.0811. The molecule has 0 radical (unpaired) electrons. The fourth-order valence-electron chi connectivity index (χ4n) is 2.41. The second kappa shape index (κ2) is 3.98. The summed E-state index contributed by atoms with van der Waals surface area (Å²) in [7, 11) is 1.27. The van der Waals surface area contributed by atoms with Crippen molar-refractivity contribution in [2.45, 2.75) is 5.54 Å². The van der Waals surface area contributed by atoms with Crippen LogP contribution in [0.15, 0.2) is 42.6 Å². The fourth-order valence-corrected chi connectivity index (χ4v) is 2.41. The number of benzene rings is 1. The van der Waals surface area contributed by atoms with Crippen molar-refractivity contribution in [2.24, 2.45) is 0 Å². The van der Waals surface area contributed by atoms with E-state index >= 15 is 0 Å². The number of H-pyrrole nitrogens is 1. The van der Waals surface area contributed by atoms with Crippen LogP contribution in [0, 0.1) is 0 Å². The number of para-hydroxylation sites is 1. The minimum atomic E-state index is -1.51. The Kier molecular flexibility index (Phi) is 2.41. The van der Waals surface area contributed by atoms with Crippen LogP contribution in [0.3, 0.4) is 0 Å². The van der Waals surface area contributed by atoms with Crippen LogP contribution in [-0.2, 0) is 15.1 Å². The maximum Gasteiger partial charge on any atom is 0.346 e. The zero-order chi connectivity index (χ0) is 13.5. The Morgan fingerprint density at radius 3 is 2.63 bits per heavy atom. The maximum absolute atomic E-state index is 12.6. The SMILES string of the molecule is COC(=O)C1(c2ccc[nH]2)Nc2ccccc2C1=O. The smallest absolute Gasteiger partial charge is 0.346 e. The predicted octanol–water partition coefficient (Wildman–Crippen LogP) is 1.69. The van der Waals surface area contributed by atoms with Gasteiger partial charge in [0.25, 0.3) is 0 Å². The van der Waals surface area contributed by atoms with Crippen LogP contribution in [0.4, 0.5) is 5.69 Å². The third kappa shape index (κ3) is 1.41. The standard InChI is InChI=1S/C14H12N2O3/c1-19-13(18)14(11-7-4-8-15-11)12(17)9-5-2-3-6-10(9)16-14/h2-8,15-16H,1H3. The van der Waals surface area contributed by atoms with E-state index in [-0.39, 0.29) is 5.78 Å². The highest BCUT2D eigenvalue weighted by Crippen LogP contribution is 2.39. The lowest BCUT2D eigenvalue weighted by atomic mass is 9.90. The van der Waals surface area contributed by atoms with Gasteiger partial charge in [-0.3, -0.25) is 4.79 Å². The van der Waals surface area contributed by atoms with Crippen LogP contribution in [0.5, 0.6) is 0 Å². The van der Waals surface area contributed by atoms with Gasteiger partial charge in [0, 0.05) is 17.4 Å². The number of carbonyl (C=O) groups excluding carboxylic acids is 2. The van der Waals surface area contributed by atoms with Gasteiger partial charge in [-0.15, -0.1) is 0 Å². The Hall–Kier alpha value is -2.56. The van der Waals surface area contributed by atoms with Gasteiger partial charge < -0.3 is 15.0 Å². The molecule has 5 heteroatoms. The lowest BCUT2D eigenvalue weighted by Crippen LogP contribution is -2.47. The van der Waals surface area contributed by atoms with Gasteiger partial charge in [-0.25, -0.2) is 4.79 Å². The normalized spacial score (nSPS) is 20.8. The summed E-state index contributed by atoms with van der Waals surface area (Å²) in [6, 6.07) is 10.5.